The summed E-state index contributed by atoms with van der Waals surface area (Å²) in [6.07, 6.45) is 5.72. The highest BCUT2D eigenvalue weighted by molar-refractivity contribution is 6.31. The third-order valence-corrected chi connectivity index (χ3v) is 4.35. The standard InChI is InChI=1S/C18H22ClN3O/c1-13(2)10-22(16-7-8-16)18(23)15-9-20-21(12-15)11-14-5-3-4-6-17(14)19/h3-6,9,12-13,16H,7-8,10-11H2,1-2H3. The summed E-state index contributed by atoms with van der Waals surface area (Å²) in [6, 6.07) is 8.11. The maximum atomic E-state index is 12.7. The van der Waals surface area contributed by atoms with E-state index < -0.39 is 0 Å². The van der Waals surface area contributed by atoms with E-state index in [2.05, 4.69) is 18.9 Å². The van der Waals surface area contributed by atoms with Crippen molar-refractivity contribution >= 4 is 17.5 Å². The Morgan fingerprint density at radius 2 is 2.13 bits per heavy atom. The number of hydrogen-bond donors (Lipinski definition) is 0. The van der Waals surface area contributed by atoms with Crippen LogP contribution in [-0.4, -0.2) is 33.2 Å². The first-order chi connectivity index (χ1) is 11.0. The van der Waals surface area contributed by atoms with Crippen LogP contribution in [0.1, 0.15) is 42.6 Å². The van der Waals surface area contributed by atoms with E-state index in [0.29, 0.717) is 24.1 Å². The number of benzene rings is 1. The van der Waals surface area contributed by atoms with E-state index in [-0.39, 0.29) is 5.91 Å². The Bertz CT molecular complexity index is 691. The lowest BCUT2D eigenvalue weighted by Crippen LogP contribution is -2.35. The molecule has 0 radical (unpaired) electrons. The summed E-state index contributed by atoms with van der Waals surface area (Å²) in [6.45, 7) is 5.66. The van der Waals surface area contributed by atoms with Crippen LogP contribution >= 0.6 is 11.6 Å². The molecule has 0 aliphatic heterocycles. The minimum atomic E-state index is 0.0895. The fourth-order valence-corrected chi connectivity index (χ4v) is 2.90. The Labute approximate surface area is 142 Å². The van der Waals surface area contributed by atoms with Crippen LogP contribution in [0.3, 0.4) is 0 Å². The Hall–Kier alpha value is -1.81. The fraction of sp³-hybridized carbons (Fsp3) is 0.444. The molecule has 0 bridgehead atoms. The first-order valence-electron chi connectivity index (χ1n) is 8.11. The highest BCUT2D eigenvalue weighted by Crippen LogP contribution is 2.29. The van der Waals surface area contributed by atoms with Crippen LogP contribution in [0.2, 0.25) is 5.02 Å². The third kappa shape index (κ3) is 3.94. The Morgan fingerprint density at radius 3 is 2.78 bits per heavy atom. The molecule has 0 N–H and O–H groups in total. The normalized spacial score (nSPS) is 14.3. The van der Waals surface area contributed by atoms with Gasteiger partial charge in [-0.3, -0.25) is 9.48 Å². The monoisotopic (exact) mass is 331 g/mol. The molecule has 4 nitrogen and oxygen atoms in total. The van der Waals surface area contributed by atoms with E-state index >= 15 is 0 Å². The summed E-state index contributed by atoms with van der Waals surface area (Å²) < 4.78 is 1.77. The van der Waals surface area contributed by atoms with E-state index in [1.54, 1.807) is 10.9 Å². The van der Waals surface area contributed by atoms with Crippen molar-refractivity contribution in [1.29, 1.82) is 0 Å². The van der Waals surface area contributed by atoms with Gasteiger partial charge in [0.2, 0.25) is 0 Å². The molecule has 1 amide bonds. The predicted octanol–water partition coefficient (Wildman–Crippen LogP) is 3.85. The molecule has 1 aliphatic carbocycles. The van der Waals surface area contributed by atoms with Gasteiger partial charge in [-0.25, -0.2) is 0 Å². The number of carbonyl (C=O) groups excluding carboxylic acids is 1. The number of amides is 1. The number of halogens is 1. The molecule has 0 atom stereocenters. The average Bonchev–Trinajstić information content (AvgIpc) is 3.25. The van der Waals surface area contributed by atoms with Crippen molar-refractivity contribution in [2.24, 2.45) is 5.92 Å². The third-order valence-electron chi connectivity index (χ3n) is 3.98. The van der Waals surface area contributed by atoms with Crippen molar-refractivity contribution in [3.63, 3.8) is 0 Å². The van der Waals surface area contributed by atoms with Crippen LogP contribution in [0, 0.1) is 5.92 Å². The van der Waals surface area contributed by atoms with Gasteiger partial charge in [0.05, 0.1) is 18.3 Å². The number of aromatic nitrogens is 2. The van der Waals surface area contributed by atoms with Crippen LogP contribution in [0.25, 0.3) is 0 Å². The summed E-state index contributed by atoms with van der Waals surface area (Å²) in [5.74, 6) is 0.560. The lowest BCUT2D eigenvalue weighted by molar-refractivity contribution is 0.0722. The van der Waals surface area contributed by atoms with Gasteiger partial charge in [-0.05, 0) is 30.4 Å². The summed E-state index contributed by atoms with van der Waals surface area (Å²) in [5.41, 5.74) is 1.65. The Morgan fingerprint density at radius 1 is 1.39 bits per heavy atom. The van der Waals surface area contributed by atoms with Gasteiger partial charge in [-0.15, -0.1) is 0 Å². The summed E-state index contributed by atoms with van der Waals surface area (Å²) in [4.78, 5) is 14.7. The van der Waals surface area contributed by atoms with Gasteiger partial charge in [0.25, 0.3) is 5.91 Å². The van der Waals surface area contributed by atoms with Gasteiger partial charge in [-0.2, -0.15) is 5.10 Å². The molecule has 1 aliphatic rings. The van der Waals surface area contributed by atoms with Gasteiger partial charge in [0.15, 0.2) is 0 Å². The molecule has 1 aromatic carbocycles. The van der Waals surface area contributed by atoms with Crippen molar-refractivity contribution in [2.45, 2.75) is 39.3 Å². The Kier molecular flexibility index (Phi) is 4.71. The molecule has 5 heteroatoms. The minimum Gasteiger partial charge on any atom is -0.335 e. The van der Waals surface area contributed by atoms with Gasteiger partial charge in [-0.1, -0.05) is 43.6 Å². The quantitative estimate of drug-likeness (QED) is 0.806. The molecule has 0 unspecified atom stereocenters. The van der Waals surface area contributed by atoms with E-state index in [9.17, 15) is 4.79 Å². The van der Waals surface area contributed by atoms with Crippen LogP contribution in [-0.2, 0) is 6.54 Å². The molecule has 0 spiro atoms. The van der Waals surface area contributed by atoms with Gasteiger partial charge in [0.1, 0.15) is 0 Å². The lowest BCUT2D eigenvalue weighted by atomic mass is 10.2. The second-order valence-electron chi connectivity index (χ2n) is 6.60. The maximum absolute atomic E-state index is 12.7. The van der Waals surface area contributed by atoms with E-state index in [1.165, 1.54) is 0 Å². The molecule has 1 saturated carbocycles. The predicted molar refractivity (Wildman–Crippen MR) is 91.7 cm³/mol. The Balaban J connectivity index is 1.73. The summed E-state index contributed by atoms with van der Waals surface area (Å²) in [5, 5.41) is 5.04. The van der Waals surface area contributed by atoms with Crippen molar-refractivity contribution < 1.29 is 4.79 Å². The first kappa shape index (κ1) is 16.1. The number of hydrogen-bond acceptors (Lipinski definition) is 2. The summed E-state index contributed by atoms with van der Waals surface area (Å²) in [7, 11) is 0. The van der Waals surface area contributed by atoms with Crippen LogP contribution in [0.5, 0.6) is 0 Å². The van der Waals surface area contributed by atoms with Crippen molar-refractivity contribution in [3.05, 3.63) is 52.8 Å². The second kappa shape index (κ2) is 6.75. The maximum Gasteiger partial charge on any atom is 0.257 e. The van der Waals surface area contributed by atoms with Crippen LogP contribution in [0.4, 0.5) is 0 Å². The minimum absolute atomic E-state index is 0.0895. The van der Waals surface area contributed by atoms with Crippen molar-refractivity contribution in [2.75, 3.05) is 6.54 Å². The number of carbonyl (C=O) groups is 1. The van der Waals surface area contributed by atoms with Gasteiger partial charge < -0.3 is 4.90 Å². The second-order valence-corrected chi connectivity index (χ2v) is 7.01. The van der Waals surface area contributed by atoms with Crippen LogP contribution in [0.15, 0.2) is 36.7 Å². The summed E-state index contributed by atoms with van der Waals surface area (Å²) >= 11 is 6.18. The molecule has 23 heavy (non-hydrogen) atoms. The van der Waals surface area contributed by atoms with Crippen LogP contribution < -0.4 is 0 Å². The number of rotatable bonds is 6. The van der Waals surface area contributed by atoms with Gasteiger partial charge >= 0.3 is 0 Å². The van der Waals surface area contributed by atoms with E-state index in [0.717, 1.165) is 30.0 Å². The van der Waals surface area contributed by atoms with E-state index in [1.807, 2.05) is 35.4 Å². The first-order valence-corrected chi connectivity index (χ1v) is 8.49. The zero-order chi connectivity index (χ0) is 16.4. The molecular formula is C18H22ClN3O. The van der Waals surface area contributed by atoms with Crippen molar-refractivity contribution in [1.82, 2.24) is 14.7 Å². The van der Waals surface area contributed by atoms with E-state index in [4.69, 9.17) is 11.6 Å². The molecule has 0 saturated heterocycles. The molecule has 1 aromatic heterocycles. The molecule has 122 valence electrons. The average molecular weight is 332 g/mol. The molecular weight excluding hydrogens is 310 g/mol. The largest absolute Gasteiger partial charge is 0.335 e. The molecule has 3 rings (SSSR count). The van der Waals surface area contributed by atoms with Gasteiger partial charge in [0, 0.05) is 23.8 Å². The fourth-order valence-electron chi connectivity index (χ4n) is 2.70. The lowest BCUT2D eigenvalue weighted by Gasteiger charge is -2.23. The van der Waals surface area contributed by atoms with Crippen molar-refractivity contribution in [3.8, 4) is 0 Å². The zero-order valence-corrected chi connectivity index (χ0v) is 14.3. The highest BCUT2D eigenvalue weighted by Gasteiger charge is 2.33. The smallest absolute Gasteiger partial charge is 0.257 e. The zero-order valence-electron chi connectivity index (χ0n) is 13.6. The SMILES string of the molecule is CC(C)CN(C(=O)c1cnn(Cc2ccccc2Cl)c1)C1CC1. The molecule has 1 fully saturated rings. The number of nitrogens with zero attached hydrogens (tertiary/aromatic N) is 3. The topological polar surface area (TPSA) is 38.1 Å². The molecule has 2 aromatic rings. The highest BCUT2D eigenvalue weighted by atomic mass is 35.5. The molecule has 1 heterocycles.